The van der Waals surface area contributed by atoms with Gasteiger partial charge in [0.2, 0.25) is 0 Å². The fourth-order valence-electron chi connectivity index (χ4n) is 0.854. The lowest BCUT2D eigenvalue weighted by Gasteiger charge is -2.33. The molecule has 0 amide bonds. The molecule has 120 valence electrons. The number of allylic oxidation sites excluding steroid dienone is 1. The van der Waals surface area contributed by atoms with Crippen LogP contribution in [0, 0.1) is 0 Å². The van der Waals surface area contributed by atoms with Crippen molar-refractivity contribution in [2.24, 2.45) is 0 Å². The first-order valence-electron chi connectivity index (χ1n) is 4.97. The summed E-state index contributed by atoms with van der Waals surface area (Å²) in [6, 6.07) is 0. The van der Waals surface area contributed by atoms with Gasteiger partial charge in [-0.15, -0.1) is 0 Å². The molecule has 0 aliphatic heterocycles. The molecule has 11 heteroatoms. The molecule has 20 heavy (non-hydrogen) atoms. The fraction of sp³-hybridized carbons (Fsp3) is 0.778. The second-order valence-corrected chi connectivity index (χ2v) is 12.2. The van der Waals surface area contributed by atoms with E-state index in [2.05, 4.69) is 0 Å². The van der Waals surface area contributed by atoms with E-state index in [0.717, 1.165) is 0 Å². The summed E-state index contributed by atoms with van der Waals surface area (Å²) >= 11 is 1.25. The molecular formula is C9H10F9ISi. The first kappa shape index (κ1) is 20.1. The number of hydrogen-bond donors (Lipinski definition) is 0. The van der Waals surface area contributed by atoms with Crippen molar-refractivity contribution in [2.75, 3.05) is 0 Å². The molecule has 0 heterocycles. The topological polar surface area (TPSA) is 0 Å². The van der Waals surface area contributed by atoms with Gasteiger partial charge in [0, 0.05) is 0 Å². The van der Waals surface area contributed by atoms with Gasteiger partial charge in [0.25, 0.3) is 0 Å². The van der Waals surface area contributed by atoms with E-state index < -0.39 is 38.1 Å². The lowest BCUT2D eigenvalue weighted by Crippen LogP contribution is -2.60. The van der Waals surface area contributed by atoms with Crippen LogP contribution in [0.3, 0.4) is 0 Å². The molecule has 0 aliphatic carbocycles. The number of hydrogen-bond acceptors (Lipinski definition) is 0. The second-order valence-electron chi connectivity index (χ2n) is 5.01. The van der Waals surface area contributed by atoms with Crippen molar-refractivity contribution in [3.8, 4) is 0 Å². The summed E-state index contributed by atoms with van der Waals surface area (Å²) in [6.07, 6.45) is -7.28. The van der Waals surface area contributed by atoms with E-state index in [0.29, 0.717) is 0 Å². The Labute approximate surface area is 123 Å². The van der Waals surface area contributed by atoms with Crippen LogP contribution in [0.5, 0.6) is 0 Å². The van der Waals surface area contributed by atoms with E-state index in [1.54, 1.807) is 0 Å². The highest BCUT2D eigenvalue weighted by Gasteiger charge is 2.81. The molecular weight excluding hydrogens is 434 g/mol. The molecule has 0 aliphatic rings. The first-order valence-corrected chi connectivity index (χ1v) is 9.55. The monoisotopic (exact) mass is 444 g/mol. The van der Waals surface area contributed by atoms with Gasteiger partial charge in [0.05, 0.1) is 8.07 Å². The second kappa shape index (κ2) is 5.36. The van der Waals surface area contributed by atoms with Crippen LogP contribution >= 0.6 is 22.6 Å². The van der Waals surface area contributed by atoms with Gasteiger partial charge in [-0.3, -0.25) is 0 Å². The minimum atomic E-state index is -6.84. The highest BCUT2D eigenvalue weighted by Crippen LogP contribution is 2.54. The number of rotatable bonds is 4. The van der Waals surface area contributed by atoms with E-state index in [1.165, 1.54) is 42.2 Å². The van der Waals surface area contributed by atoms with Crippen molar-refractivity contribution in [3.05, 3.63) is 9.28 Å². The van der Waals surface area contributed by atoms with E-state index in [9.17, 15) is 39.5 Å². The van der Waals surface area contributed by atoms with Crippen LogP contribution in [0.2, 0.25) is 19.6 Å². The zero-order valence-corrected chi connectivity index (χ0v) is 13.5. The Morgan fingerprint density at radius 1 is 0.800 bits per heavy atom. The lowest BCUT2D eigenvalue weighted by atomic mass is 10.0. The lowest BCUT2D eigenvalue weighted by molar-refractivity contribution is -0.388. The Bertz CT molecular complexity index is 391. The summed E-state index contributed by atoms with van der Waals surface area (Å²) in [5.74, 6) is -19.0. The van der Waals surface area contributed by atoms with Crippen molar-refractivity contribution in [1.29, 1.82) is 0 Å². The molecule has 0 aromatic heterocycles. The maximum Gasteiger partial charge on any atom is 0.460 e. The van der Waals surface area contributed by atoms with Crippen LogP contribution in [0.25, 0.3) is 0 Å². The van der Waals surface area contributed by atoms with Crippen LogP contribution in [0.4, 0.5) is 39.5 Å². The zero-order chi connectivity index (χ0) is 16.8. The fourth-order valence-corrected chi connectivity index (χ4v) is 1.86. The van der Waals surface area contributed by atoms with Gasteiger partial charge in [0.1, 0.15) is 0 Å². The van der Waals surface area contributed by atoms with Gasteiger partial charge in [-0.25, -0.2) is 0 Å². The summed E-state index contributed by atoms with van der Waals surface area (Å²) in [5, 5.41) is 0. The molecule has 0 unspecified atom stereocenters. The Kier molecular flexibility index (Phi) is 5.37. The Balaban J connectivity index is 5.84. The number of alkyl halides is 9. The SMILES string of the molecule is C[Si](C)(C)/C(I)=C\C(F)(F)C(F)(F)C(F)(F)C(F)(F)F. The molecule has 0 aromatic rings. The maximum absolute atomic E-state index is 13.2. The molecule has 0 nitrogen and oxygen atoms in total. The largest absolute Gasteiger partial charge is 0.460 e. The highest BCUT2D eigenvalue weighted by molar-refractivity contribution is 14.1. The predicted molar refractivity (Wildman–Crippen MR) is 66.3 cm³/mol. The smallest absolute Gasteiger partial charge is 0.195 e. The van der Waals surface area contributed by atoms with Crippen LogP contribution in [0.15, 0.2) is 9.28 Å². The minimum absolute atomic E-state index is 0.335. The van der Waals surface area contributed by atoms with Gasteiger partial charge in [-0.1, -0.05) is 42.2 Å². The van der Waals surface area contributed by atoms with E-state index in [4.69, 9.17) is 0 Å². The minimum Gasteiger partial charge on any atom is -0.195 e. The summed E-state index contributed by atoms with van der Waals surface area (Å²) < 4.78 is 113. The Hall–Kier alpha value is 0.0569. The third-order valence-electron chi connectivity index (χ3n) is 2.19. The van der Waals surface area contributed by atoms with Crippen molar-refractivity contribution >= 4 is 30.7 Å². The first-order chi connectivity index (χ1) is 8.38. The molecule has 0 radical (unpaired) electrons. The molecule has 0 bridgehead atoms. The molecule has 0 saturated carbocycles. The summed E-state index contributed by atoms with van der Waals surface area (Å²) in [6.45, 7) is 4.34. The van der Waals surface area contributed by atoms with Gasteiger partial charge >= 0.3 is 23.9 Å². The standard InChI is InChI=1S/C9H10F9ISi/c1-20(2,3)5(19)4-6(10,11)7(12,13)8(14,15)9(16,17)18/h4H,1-3H3/b5-4-. The van der Waals surface area contributed by atoms with Crippen LogP contribution < -0.4 is 0 Å². The highest BCUT2D eigenvalue weighted by atomic mass is 127. The van der Waals surface area contributed by atoms with Gasteiger partial charge in [-0.05, 0) is 9.28 Å². The van der Waals surface area contributed by atoms with Crippen LogP contribution in [-0.4, -0.2) is 32.0 Å². The molecule has 0 N–H and O–H groups in total. The molecule has 0 aromatic carbocycles. The zero-order valence-electron chi connectivity index (χ0n) is 10.4. The Morgan fingerprint density at radius 3 is 1.40 bits per heavy atom. The van der Waals surface area contributed by atoms with Crippen LogP contribution in [-0.2, 0) is 0 Å². The third-order valence-corrected chi connectivity index (χ3v) is 8.94. The van der Waals surface area contributed by atoms with Gasteiger partial charge in [-0.2, -0.15) is 39.5 Å². The molecule has 0 atom stereocenters. The predicted octanol–water partition coefficient (Wildman–Crippen LogP) is 5.65. The van der Waals surface area contributed by atoms with Gasteiger partial charge < -0.3 is 0 Å². The van der Waals surface area contributed by atoms with Gasteiger partial charge in [0.15, 0.2) is 0 Å². The Morgan fingerprint density at radius 2 is 1.15 bits per heavy atom. The molecule has 0 saturated heterocycles. The quantitative estimate of drug-likeness (QED) is 0.299. The van der Waals surface area contributed by atoms with Crippen molar-refractivity contribution in [1.82, 2.24) is 0 Å². The van der Waals surface area contributed by atoms with Crippen molar-refractivity contribution in [3.63, 3.8) is 0 Å². The average Bonchev–Trinajstić information content (AvgIpc) is 2.12. The molecule has 0 fully saturated rings. The van der Waals surface area contributed by atoms with Crippen molar-refractivity contribution in [2.45, 2.75) is 43.6 Å². The van der Waals surface area contributed by atoms with E-state index in [-0.39, 0.29) is 3.20 Å². The van der Waals surface area contributed by atoms with Crippen LogP contribution in [0.1, 0.15) is 0 Å². The van der Waals surface area contributed by atoms with E-state index in [1.807, 2.05) is 0 Å². The molecule has 0 spiro atoms. The molecule has 0 rings (SSSR count). The summed E-state index contributed by atoms with van der Waals surface area (Å²) in [5.41, 5.74) is 0. The van der Waals surface area contributed by atoms with E-state index >= 15 is 0 Å². The third kappa shape index (κ3) is 3.63. The average molecular weight is 444 g/mol. The maximum atomic E-state index is 13.2. The van der Waals surface area contributed by atoms with Crippen molar-refractivity contribution < 1.29 is 39.5 Å². The number of halogens is 10. The normalized spacial score (nSPS) is 16.6. The summed E-state index contributed by atoms with van der Waals surface area (Å²) in [4.78, 5) is 0. The summed E-state index contributed by atoms with van der Waals surface area (Å²) in [7, 11) is -2.55.